The minimum Gasteiger partial charge on any atom is -0.465 e. The smallest absolute Gasteiger partial charge is 0.341 e. The molecule has 1 saturated heterocycles. The molecule has 1 unspecified atom stereocenters. The third-order valence-corrected chi connectivity index (χ3v) is 2.83. The van der Waals surface area contributed by atoms with Crippen LogP contribution in [0.2, 0.25) is 0 Å². The zero-order valence-electron chi connectivity index (χ0n) is 10.1. The second kappa shape index (κ2) is 5.23. The molecule has 1 aliphatic heterocycles. The zero-order chi connectivity index (χ0) is 12.3. The number of carbonyl (C=O) groups excluding carboxylic acids is 1. The first-order valence-electron chi connectivity index (χ1n) is 5.77. The van der Waals surface area contributed by atoms with Gasteiger partial charge in [0.15, 0.2) is 0 Å². The molecule has 1 atom stereocenters. The summed E-state index contributed by atoms with van der Waals surface area (Å²) in [5.41, 5.74) is 0.422. The molecule has 1 fully saturated rings. The van der Waals surface area contributed by atoms with Gasteiger partial charge in [-0.05, 0) is 26.3 Å². The summed E-state index contributed by atoms with van der Waals surface area (Å²) < 4.78 is 15.7. The summed E-state index contributed by atoms with van der Waals surface area (Å²) in [6.07, 6.45) is 2.20. The molecule has 1 aromatic rings. The molecule has 1 aromatic heterocycles. The number of rotatable bonds is 3. The van der Waals surface area contributed by atoms with Crippen LogP contribution < -0.4 is 10.1 Å². The van der Waals surface area contributed by atoms with E-state index in [1.54, 1.807) is 13.0 Å². The van der Waals surface area contributed by atoms with Gasteiger partial charge in [0, 0.05) is 12.6 Å². The molecule has 0 aromatic carbocycles. The van der Waals surface area contributed by atoms with Crippen molar-refractivity contribution in [2.75, 3.05) is 20.2 Å². The van der Waals surface area contributed by atoms with E-state index >= 15 is 0 Å². The molecule has 0 spiro atoms. The van der Waals surface area contributed by atoms with Crippen LogP contribution in [0, 0.1) is 6.92 Å². The molecular formula is C12H17NO4. The zero-order valence-corrected chi connectivity index (χ0v) is 10.1. The van der Waals surface area contributed by atoms with Crippen molar-refractivity contribution < 1.29 is 18.7 Å². The van der Waals surface area contributed by atoms with E-state index < -0.39 is 5.97 Å². The predicted molar refractivity (Wildman–Crippen MR) is 61.3 cm³/mol. The van der Waals surface area contributed by atoms with Crippen LogP contribution >= 0.6 is 0 Å². The quantitative estimate of drug-likeness (QED) is 0.810. The number of aryl methyl sites for hydroxylation is 1. The maximum atomic E-state index is 11.4. The Morgan fingerprint density at radius 1 is 1.59 bits per heavy atom. The highest BCUT2D eigenvalue weighted by atomic mass is 16.6. The van der Waals surface area contributed by atoms with Crippen LogP contribution in [-0.2, 0) is 4.74 Å². The lowest BCUT2D eigenvalue weighted by atomic mass is 10.1. The largest absolute Gasteiger partial charge is 0.465 e. The van der Waals surface area contributed by atoms with Crippen molar-refractivity contribution in [3.63, 3.8) is 0 Å². The fourth-order valence-electron chi connectivity index (χ4n) is 1.91. The first-order valence-corrected chi connectivity index (χ1v) is 5.77. The molecule has 0 aliphatic carbocycles. The fraction of sp³-hybridized carbons (Fsp3) is 0.583. The number of hydrogen-bond donors (Lipinski definition) is 1. The van der Waals surface area contributed by atoms with E-state index in [1.165, 1.54) is 7.11 Å². The molecule has 1 N–H and O–H groups in total. The highest BCUT2D eigenvalue weighted by Gasteiger charge is 2.20. The van der Waals surface area contributed by atoms with Crippen LogP contribution in [-0.4, -0.2) is 32.3 Å². The van der Waals surface area contributed by atoms with E-state index in [1.807, 2.05) is 0 Å². The van der Waals surface area contributed by atoms with E-state index in [0.29, 0.717) is 17.3 Å². The Morgan fingerprint density at radius 3 is 3.06 bits per heavy atom. The summed E-state index contributed by atoms with van der Waals surface area (Å²) in [4.78, 5) is 11.4. The molecule has 0 radical (unpaired) electrons. The van der Waals surface area contributed by atoms with Gasteiger partial charge in [-0.2, -0.15) is 0 Å². The topological polar surface area (TPSA) is 60.7 Å². The van der Waals surface area contributed by atoms with Gasteiger partial charge in [-0.25, -0.2) is 4.79 Å². The van der Waals surface area contributed by atoms with Gasteiger partial charge >= 0.3 is 5.97 Å². The molecule has 94 valence electrons. The van der Waals surface area contributed by atoms with Gasteiger partial charge in [0.2, 0.25) is 0 Å². The van der Waals surface area contributed by atoms with Crippen molar-refractivity contribution in [2.45, 2.75) is 25.9 Å². The second-order valence-electron chi connectivity index (χ2n) is 4.11. The summed E-state index contributed by atoms with van der Waals surface area (Å²) in [5.74, 6) is 0.509. The molecule has 1 aliphatic rings. The maximum absolute atomic E-state index is 11.4. The summed E-state index contributed by atoms with van der Waals surface area (Å²) in [6, 6.07) is 1.59. The minimum atomic E-state index is -0.400. The predicted octanol–water partition coefficient (Wildman–Crippen LogP) is 1.51. The highest BCUT2D eigenvalue weighted by molar-refractivity contribution is 5.90. The average molecular weight is 239 g/mol. The van der Waals surface area contributed by atoms with Crippen LogP contribution in [0.4, 0.5) is 0 Å². The van der Waals surface area contributed by atoms with Crippen molar-refractivity contribution in [3.8, 4) is 5.95 Å². The second-order valence-corrected chi connectivity index (χ2v) is 4.11. The standard InChI is InChI=1S/C12H17NO4/c1-8-10(12(14)15-2)6-11(16-8)17-9-4-3-5-13-7-9/h6,9,13H,3-5,7H2,1-2H3. The Balaban J connectivity index is 2.03. The lowest BCUT2D eigenvalue weighted by Gasteiger charge is -2.22. The highest BCUT2D eigenvalue weighted by Crippen LogP contribution is 2.24. The fourth-order valence-corrected chi connectivity index (χ4v) is 1.91. The van der Waals surface area contributed by atoms with Gasteiger partial charge in [-0.15, -0.1) is 0 Å². The molecule has 2 rings (SSSR count). The number of piperidine rings is 1. The van der Waals surface area contributed by atoms with Crippen LogP contribution in [0.3, 0.4) is 0 Å². The van der Waals surface area contributed by atoms with E-state index in [0.717, 1.165) is 25.9 Å². The summed E-state index contributed by atoms with van der Waals surface area (Å²) >= 11 is 0. The monoisotopic (exact) mass is 239 g/mol. The lowest BCUT2D eigenvalue weighted by Crippen LogP contribution is -2.37. The number of methoxy groups -OCH3 is 1. The Kier molecular flexibility index (Phi) is 3.68. The van der Waals surface area contributed by atoms with Gasteiger partial charge in [0.1, 0.15) is 17.4 Å². The number of hydrogen-bond acceptors (Lipinski definition) is 5. The molecule has 17 heavy (non-hydrogen) atoms. The Morgan fingerprint density at radius 2 is 2.41 bits per heavy atom. The van der Waals surface area contributed by atoms with Crippen LogP contribution in [0.15, 0.2) is 10.5 Å². The molecule has 5 nitrogen and oxygen atoms in total. The Labute approximate surface area is 100 Å². The maximum Gasteiger partial charge on any atom is 0.341 e. The third kappa shape index (κ3) is 2.79. The van der Waals surface area contributed by atoms with Crippen LogP contribution in [0.5, 0.6) is 5.95 Å². The molecule has 0 saturated carbocycles. The summed E-state index contributed by atoms with van der Waals surface area (Å²) in [6.45, 7) is 3.57. The van der Waals surface area contributed by atoms with Gasteiger partial charge < -0.3 is 19.2 Å². The average Bonchev–Trinajstić information content (AvgIpc) is 2.70. The molecule has 2 heterocycles. The normalized spacial score (nSPS) is 20.0. The molecular weight excluding hydrogens is 222 g/mol. The Hall–Kier alpha value is -1.49. The summed E-state index contributed by atoms with van der Waals surface area (Å²) in [5, 5.41) is 3.25. The molecule has 0 amide bonds. The molecule has 5 heteroatoms. The number of furan rings is 1. The van der Waals surface area contributed by atoms with Crippen molar-refractivity contribution in [3.05, 3.63) is 17.4 Å². The van der Waals surface area contributed by atoms with Crippen LogP contribution in [0.1, 0.15) is 29.0 Å². The van der Waals surface area contributed by atoms with Gasteiger partial charge in [-0.1, -0.05) is 0 Å². The SMILES string of the molecule is COC(=O)c1cc(OC2CCCNC2)oc1C. The van der Waals surface area contributed by atoms with Crippen molar-refractivity contribution >= 4 is 5.97 Å². The lowest BCUT2D eigenvalue weighted by molar-refractivity contribution is 0.0599. The van der Waals surface area contributed by atoms with E-state index in [2.05, 4.69) is 10.1 Å². The number of carbonyl (C=O) groups is 1. The summed E-state index contributed by atoms with van der Waals surface area (Å²) in [7, 11) is 1.35. The number of ether oxygens (including phenoxy) is 2. The number of esters is 1. The van der Waals surface area contributed by atoms with E-state index in [4.69, 9.17) is 9.15 Å². The third-order valence-electron chi connectivity index (χ3n) is 2.83. The first-order chi connectivity index (χ1) is 8.20. The van der Waals surface area contributed by atoms with E-state index in [-0.39, 0.29) is 6.10 Å². The van der Waals surface area contributed by atoms with Gasteiger partial charge in [-0.3, -0.25) is 0 Å². The van der Waals surface area contributed by atoms with Gasteiger partial charge in [0.05, 0.1) is 7.11 Å². The minimum absolute atomic E-state index is 0.111. The van der Waals surface area contributed by atoms with Crippen molar-refractivity contribution in [1.82, 2.24) is 5.32 Å². The first kappa shape index (κ1) is 12.0. The van der Waals surface area contributed by atoms with Gasteiger partial charge in [0.25, 0.3) is 5.95 Å². The molecule has 0 bridgehead atoms. The number of nitrogens with one attached hydrogen (secondary N) is 1. The Bertz CT molecular complexity index is 393. The van der Waals surface area contributed by atoms with Crippen molar-refractivity contribution in [1.29, 1.82) is 0 Å². The van der Waals surface area contributed by atoms with E-state index in [9.17, 15) is 4.79 Å². The van der Waals surface area contributed by atoms with Crippen LogP contribution in [0.25, 0.3) is 0 Å². The van der Waals surface area contributed by atoms with Crippen molar-refractivity contribution in [2.24, 2.45) is 0 Å².